The van der Waals surface area contributed by atoms with Gasteiger partial charge in [-0.15, -0.1) is 0 Å². The zero-order chi connectivity index (χ0) is 15.2. The molecule has 1 heterocycles. The molecule has 0 radical (unpaired) electrons. The standard InChI is InChI=1S/C16H31N3O/c1-6-14(7-2)19-9-8-13(18-19)11-17-12-15(20)10-16(3,4)5/h8-9,14-15,17,20H,6-7,10-12H2,1-5H3. The van der Waals surface area contributed by atoms with Gasteiger partial charge >= 0.3 is 0 Å². The van der Waals surface area contributed by atoms with E-state index in [-0.39, 0.29) is 11.5 Å². The summed E-state index contributed by atoms with van der Waals surface area (Å²) in [5.74, 6) is 0. The molecule has 116 valence electrons. The van der Waals surface area contributed by atoms with Gasteiger partial charge in [-0.25, -0.2) is 0 Å². The van der Waals surface area contributed by atoms with Gasteiger partial charge in [0, 0.05) is 19.3 Å². The van der Waals surface area contributed by atoms with Gasteiger partial charge in [-0.2, -0.15) is 5.10 Å². The van der Waals surface area contributed by atoms with Gasteiger partial charge < -0.3 is 10.4 Å². The van der Waals surface area contributed by atoms with Gasteiger partial charge in [0.15, 0.2) is 0 Å². The van der Waals surface area contributed by atoms with Crippen molar-refractivity contribution in [1.82, 2.24) is 15.1 Å². The van der Waals surface area contributed by atoms with E-state index < -0.39 is 0 Å². The van der Waals surface area contributed by atoms with Crippen molar-refractivity contribution < 1.29 is 5.11 Å². The molecule has 0 amide bonds. The fourth-order valence-electron chi connectivity index (χ4n) is 2.48. The Bertz CT molecular complexity index is 377. The molecule has 0 fully saturated rings. The molecule has 0 saturated heterocycles. The number of nitrogens with zero attached hydrogens (tertiary/aromatic N) is 2. The number of rotatable bonds is 8. The lowest BCUT2D eigenvalue weighted by Crippen LogP contribution is -2.30. The zero-order valence-electron chi connectivity index (χ0n) is 13.7. The van der Waals surface area contributed by atoms with E-state index in [1.165, 1.54) is 0 Å². The van der Waals surface area contributed by atoms with Crippen molar-refractivity contribution in [2.45, 2.75) is 72.6 Å². The van der Waals surface area contributed by atoms with E-state index in [1.807, 2.05) is 0 Å². The molecule has 20 heavy (non-hydrogen) atoms. The second-order valence-corrected chi connectivity index (χ2v) is 6.81. The average molecular weight is 281 g/mol. The molecule has 4 heteroatoms. The molecule has 0 bridgehead atoms. The Morgan fingerprint density at radius 3 is 2.50 bits per heavy atom. The summed E-state index contributed by atoms with van der Waals surface area (Å²) in [6.07, 6.45) is 4.78. The first kappa shape index (κ1) is 17.2. The molecule has 0 aliphatic heterocycles. The SMILES string of the molecule is CCC(CC)n1ccc(CNCC(O)CC(C)(C)C)n1. The second kappa shape index (κ2) is 7.79. The molecule has 0 aromatic carbocycles. The third kappa shape index (κ3) is 6.06. The molecule has 1 unspecified atom stereocenters. The topological polar surface area (TPSA) is 50.1 Å². The number of hydrogen-bond donors (Lipinski definition) is 2. The summed E-state index contributed by atoms with van der Waals surface area (Å²) >= 11 is 0. The fraction of sp³-hybridized carbons (Fsp3) is 0.812. The zero-order valence-corrected chi connectivity index (χ0v) is 13.7. The Morgan fingerprint density at radius 2 is 1.95 bits per heavy atom. The lowest BCUT2D eigenvalue weighted by molar-refractivity contribution is 0.119. The van der Waals surface area contributed by atoms with E-state index in [0.717, 1.165) is 25.0 Å². The van der Waals surface area contributed by atoms with Crippen molar-refractivity contribution in [1.29, 1.82) is 0 Å². The van der Waals surface area contributed by atoms with E-state index >= 15 is 0 Å². The van der Waals surface area contributed by atoms with E-state index in [2.05, 4.69) is 62.0 Å². The number of aliphatic hydroxyl groups excluding tert-OH is 1. The van der Waals surface area contributed by atoms with Crippen LogP contribution in [0.4, 0.5) is 0 Å². The highest BCUT2D eigenvalue weighted by atomic mass is 16.3. The van der Waals surface area contributed by atoms with E-state index in [4.69, 9.17) is 0 Å². The minimum atomic E-state index is -0.295. The van der Waals surface area contributed by atoms with E-state index in [0.29, 0.717) is 19.1 Å². The highest BCUT2D eigenvalue weighted by Gasteiger charge is 2.16. The average Bonchev–Trinajstić information content (AvgIpc) is 2.77. The molecule has 0 spiro atoms. The van der Waals surface area contributed by atoms with Crippen molar-refractivity contribution in [3.63, 3.8) is 0 Å². The van der Waals surface area contributed by atoms with Crippen LogP contribution in [0, 0.1) is 5.41 Å². The molecule has 1 atom stereocenters. The van der Waals surface area contributed by atoms with Crippen molar-refractivity contribution in [2.75, 3.05) is 6.54 Å². The first-order valence-electron chi connectivity index (χ1n) is 7.78. The highest BCUT2D eigenvalue weighted by Crippen LogP contribution is 2.20. The molecule has 4 nitrogen and oxygen atoms in total. The van der Waals surface area contributed by atoms with Crippen molar-refractivity contribution in [3.05, 3.63) is 18.0 Å². The second-order valence-electron chi connectivity index (χ2n) is 6.81. The van der Waals surface area contributed by atoms with Gasteiger partial charge in [-0.3, -0.25) is 4.68 Å². The number of hydrogen-bond acceptors (Lipinski definition) is 3. The van der Waals surface area contributed by atoms with Gasteiger partial charge in [0.1, 0.15) is 0 Å². The molecule has 1 aromatic rings. The monoisotopic (exact) mass is 281 g/mol. The molecular formula is C16H31N3O. The Balaban J connectivity index is 2.36. The quantitative estimate of drug-likeness (QED) is 0.769. The van der Waals surface area contributed by atoms with Crippen LogP contribution in [0.3, 0.4) is 0 Å². The van der Waals surface area contributed by atoms with Crippen LogP contribution in [0.25, 0.3) is 0 Å². The predicted molar refractivity (Wildman–Crippen MR) is 83.6 cm³/mol. The maximum Gasteiger partial charge on any atom is 0.0762 e. The van der Waals surface area contributed by atoms with Gasteiger partial charge in [-0.05, 0) is 30.7 Å². The van der Waals surface area contributed by atoms with Gasteiger partial charge in [0.25, 0.3) is 0 Å². The van der Waals surface area contributed by atoms with Crippen LogP contribution in [-0.2, 0) is 6.54 Å². The molecule has 1 rings (SSSR count). The molecule has 0 aliphatic carbocycles. The van der Waals surface area contributed by atoms with E-state index in [9.17, 15) is 5.11 Å². The Kier molecular flexibility index (Phi) is 6.69. The van der Waals surface area contributed by atoms with Crippen molar-refractivity contribution in [3.8, 4) is 0 Å². The molecular weight excluding hydrogens is 250 g/mol. The van der Waals surface area contributed by atoms with Crippen LogP contribution in [0.15, 0.2) is 12.3 Å². The van der Waals surface area contributed by atoms with Gasteiger partial charge in [0.05, 0.1) is 17.8 Å². The summed E-state index contributed by atoms with van der Waals surface area (Å²) in [6.45, 7) is 12.2. The highest BCUT2D eigenvalue weighted by molar-refractivity contribution is 4.99. The third-order valence-electron chi connectivity index (χ3n) is 3.51. The third-order valence-corrected chi connectivity index (χ3v) is 3.51. The number of aromatic nitrogens is 2. The minimum absolute atomic E-state index is 0.165. The Labute approximate surface area is 123 Å². The molecule has 0 aliphatic rings. The number of nitrogens with one attached hydrogen (secondary N) is 1. The van der Waals surface area contributed by atoms with Crippen LogP contribution in [-0.4, -0.2) is 27.5 Å². The van der Waals surface area contributed by atoms with Crippen LogP contribution < -0.4 is 5.32 Å². The Hall–Kier alpha value is -0.870. The maximum atomic E-state index is 9.94. The van der Waals surface area contributed by atoms with Gasteiger partial charge in [0.2, 0.25) is 0 Å². The minimum Gasteiger partial charge on any atom is -0.392 e. The molecule has 2 N–H and O–H groups in total. The Morgan fingerprint density at radius 1 is 1.30 bits per heavy atom. The largest absolute Gasteiger partial charge is 0.392 e. The van der Waals surface area contributed by atoms with Crippen LogP contribution in [0.5, 0.6) is 0 Å². The predicted octanol–water partition coefficient (Wildman–Crippen LogP) is 3.13. The lowest BCUT2D eigenvalue weighted by atomic mass is 9.89. The smallest absolute Gasteiger partial charge is 0.0762 e. The maximum absolute atomic E-state index is 9.94. The van der Waals surface area contributed by atoms with Crippen molar-refractivity contribution >= 4 is 0 Å². The summed E-state index contributed by atoms with van der Waals surface area (Å²) < 4.78 is 2.06. The van der Waals surface area contributed by atoms with Crippen LogP contribution in [0.1, 0.15) is 65.6 Å². The summed E-state index contributed by atoms with van der Waals surface area (Å²) in [6, 6.07) is 2.55. The summed E-state index contributed by atoms with van der Waals surface area (Å²) in [5.41, 5.74) is 1.21. The lowest BCUT2D eigenvalue weighted by Gasteiger charge is -2.22. The van der Waals surface area contributed by atoms with E-state index in [1.54, 1.807) is 0 Å². The first-order chi connectivity index (χ1) is 9.35. The summed E-state index contributed by atoms with van der Waals surface area (Å²) in [4.78, 5) is 0. The van der Waals surface area contributed by atoms with Gasteiger partial charge in [-0.1, -0.05) is 34.6 Å². The first-order valence-corrected chi connectivity index (χ1v) is 7.78. The molecule has 1 aromatic heterocycles. The summed E-state index contributed by atoms with van der Waals surface area (Å²) in [5, 5.41) is 17.8. The fourth-order valence-corrected chi connectivity index (χ4v) is 2.48. The van der Waals surface area contributed by atoms with Crippen LogP contribution >= 0.6 is 0 Å². The summed E-state index contributed by atoms with van der Waals surface area (Å²) in [7, 11) is 0. The van der Waals surface area contributed by atoms with Crippen LogP contribution in [0.2, 0.25) is 0 Å². The van der Waals surface area contributed by atoms with Crippen molar-refractivity contribution in [2.24, 2.45) is 5.41 Å². The molecule has 0 saturated carbocycles. The normalized spacial score (nSPS) is 13.9. The number of aliphatic hydroxyl groups is 1.